The number of halogens is 1. The van der Waals surface area contributed by atoms with Crippen molar-refractivity contribution >= 4 is 23.2 Å². The summed E-state index contributed by atoms with van der Waals surface area (Å²) in [6, 6.07) is 3.69. The zero-order valence-corrected chi connectivity index (χ0v) is 12.2. The first-order valence-corrected chi connectivity index (χ1v) is 6.85. The predicted octanol–water partition coefficient (Wildman–Crippen LogP) is 2.89. The molecule has 1 amide bonds. The van der Waals surface area contributed by atoms with Crippen molar-refractivity contribution in [2.75, 3.05) is 11.4 Å². The van der Waals surface area contributed by atoms with Gasteiger partial charge in [0.1, 0.15) is 5.69 Å². The van der Waals surface area contributed by atoms with Crippen LogP contribution in [-0.2, 0) is 4.79 Å². The second kappa shape index (κ2) is 6.52. The average Bonchev–Trinajstić information content (AvgIpc) is 2.83. The highest BCUT2D eigenvalue weighted by molar-refractivity contribution is 6.32. The van der Waals surface area contributed by atoms with Crippen molar-refractivity contribution in [2.24, 2.45) is 0 Å². The molecule has 2 aromatic rings. The standard InChI is InChI=1S/C14H16ClN4O/c1-3-6-13(20)18(4-2)12-10-19(17-14(12)15)11-7-5-8-16-9-11/h5-10H,3-4H2,1-2H3. The van der Waals surface area contributed by atoms with Crippen LogP contribution in [0.3, 0.4) is 0 Å². The highest BCUT2D eigenvalue weighted by Gasteiger charge is 2.19. The topological polar surface area (TPSA) is 51.0 Å². The summed E-state index contributed by atoms with van der Waals surface area (Å²) >= 11 is 6.15. The van der Waals surface area contributed by atoms with Crippen LogP contribution >= 0.6 is 11.6 Å². The van der Waals surface area contributed by atoms with Crippen molar-refractivity contribution in [2.45, 2.75) is 20.3 Å². The summed E-state index contributed by atoms with van der Waals surface area (Å²) in [5.41, 5.74) is 1.40. The Morgan fingerprint density at radius 1 is 1.50 bits per heavy atom. The number of rotatable bonds is 5. The van der Waals surface area contributed by atoms with Gasteiger partial charge in [-0.25, -0.2) is 4.68 Å². The molecule has 0 N–H and O–H groups in total. The molecule has 0 fully saturated rings. The fourth-order valence-electron chi connectivity index (χ4n) is 1.88. The first kappa shape index (κ1) is 14.5. The minimum atomic E-state index is -0.0670. The van der Waals surface area contributed by atoms with E-state index in [0.29, 0.717) is 23.8 Å². The van der Waals surface area contributed by atoms with E-state index in [-0.39, 0.29) is 5.91 Å². The van der Waals surface area contributed by atoms with Crippen LogP contribution in [0.5, 0.6) is 0 Å². The number of aromatic nitrogens is 3. The van der Waals surface area contributed by atoms with Gasteiger partial charge in [0.15, 0.2) is 5.15 Å². The van der Waals surface area contributed by atoms with E-state index < -0.39 is 0 Å². The largest absolute Gasteiger partial charge is 0.308 e. The molecule has 0 spiro atoms. The molecule has 0 atom stereocenters. The van der Waals surface area contributed by atoms with Gasteiger partial charge in [-0.05, 0) is 25.5 Å². The quantitative estimate of drug-likeness (QED) is 0.851. The highest BCUT2D eigenvalue weighted by Crippen LogP contribution is 2.26. The van der Waals surface area contributed by atoms with Crippen LogP contribution in [0.2, 0.25) is 5.15 Å². The molecule has 105 valence electrons. The molecule has 2 heterocycles. The molecule has 0 aliphatic heterocycles. The SMILES string of the molecule is CC[CH]C(=O)N(CC)c1cn(-c2cccnc2)nc1Cl. The molecule has 6 heteroatoms. The number of carbonyl (C=O) groups excluding carboxylic acids is 1. The molecule has 20 heavy (non-hydrogen) atoms. The summed E-state index contributed by atoms with van der Waals surface area (Å²) < 4.78 is 1.62. The number of amides is 1. The fraction of sp³-hybridized carbons (Fsp3) is 0.286. The lowest BCUT2D eigenvalue weighted by atomic mass is 10.3. The Kier molecular flexibility index (Phi) is 4.74. The minimum absolute atomic E-state index is 0.0670. The van der Waals surface area contributed by atoms with E-state index in [2.05, 4.69) is 10.1 Å². The maximum atomic E-state index is 12.0. The number of carbonyl (C=O) groups is 1. The lowest BCUT2D eigenvalue weighted by Gasteiger charge is -2.18. The van der Waals surface area contributed by atoms with E-state index in [1.165, 1.54) is 0 Å². The second-order valence-corrected chi connectivity index (χ2v) is 4.51. The monoisotopic (exact) mass is 291 g/mol. The van der Waals surface area contributed by atoms with E-state index in [1.54, 1.807) is 34.6 Å². The predicted molar refractivity (Wildman–Crippen MR) is 79.0 cm³/mol. The third kappa shape index (κ3) is 2.99. The van der Waals surface area contributed by atoms with E-state index in [0.717, 1.165) is 5.69 Å². The molecule has 0 unspecified atom stereocenters. The molecule has 0 aliphatic carbocycles. The number of pyridine rings is 1. The molecular weight excluding hydrogens is 276 g/mol. The Morgan fingerprint density at radius 2 is 2.30 bits per heavy atom. The number of nitrogens with zero attached hydrogens (tertiary/aromatic N) is 4. The van der Waals surface area contributed by atoms with Gasteiger partial charge in [0, 0.05) is 19.2 Å². The van der Waals surface area contributed by atoms with Crippen LogP contribution in [0.15, 0.2) is 30.7 Å². The number of hydrogen-bond acceptors (Lipinski definition) is 3. The van der Waals surface area contributed by atoms with Gasteiger partial charge in [-0.1, -0.05) is 18.5 Å². The molecule has 5 nitrogen and oxygen atoms in total. The third-order valence-corrected chi connectivity index (χ3v) is 3.08. The molecule has 0 saturated heterocycles. The minimum Gasteiger partial charge on any atom is -0.308 e. The maximum Gasteiger partial charge on any atom is 0.231 e. The van der Waals surface area contributed by atoms with Crippen LogP contribution < -0.4 is 4.90 Å². The zero-order valence-electron chi connectivity index (χ0n) is 11.5. The van der Waals surface area contributed by atoms with Crippen LogP contribution in [0.25, 0.3) is 5.69 Å². The van der Waals surface area contributed by atoms with E-state index in [9.17, 15) is 4.79 Å². The molecule has 0 bridgehead atoms. The highest BCUT2D eigenvalue weighted by atomic mass is 35.5. The van der Waals surface area contributed by atoms with Crippen molar-refractivity contribution < 1.29 is 4.79 Å². The van der Waals surface area contributed by atoms with Gasteiger partial charge in [0.2, 0.25) is 5.91 Å². The van der Waals surface area contributed by atoms with E-state index in [4.69, 9.17) is 11.6 Å². The third-order valence-electron chi connectivity index (χ3n) is 2.81. The number of anilines is 1. The van der Waals surface area contributed by atoms with Gasteiger partial charge in [-0.3, -0.25) is 9.78 Å². The molecular formula is C14H16ClN4O. The van der Waals surface area contributed by atoms with Crippen LogP contribution in [0.1, 0.15) is 20.3 Å². The normalized spacial score (nSPS) is 10.6. The number of hydrogen-bond donors (Lipinski definition) is 0. The van der Waals surface area contributed by atoms with Gasteiger partial charge in [-0.15, -0.1) is 0 Å². The molecule has 2 aromatic heterocycles. The Balaban J connectivity index is 2.33. The summed E-state index contributed by atoms with van der Waals surface area (Å²) in [7, 11) is 0. The van der Waals surface area contributed by atoms with Gasteiger partial charge >= 0.3 is 0 Å². The summed E-state index contributed by atoms with van der Waals surface area (Å²) in [6.45, 7) is 4.36. The van der Waals surface area contributed by atoms with Crippen molar-refractivity contribution in [3.63, 3.8) is 0 Å². The van der Waals surface area contributed by atoms with Gasteiger partial charge in [0.05, 0.1) is 18.1 Å². The molecule has 1 radical (unpaired) electrons. The van der Waals surface area contributed by atoms with Crippen LogP contribution in [0, 0.1) is 6.42 Å². The van der Waals surface area contributed by atoms with Gasteiger partial charge < -0.3 is 4.90 Å². The lowest BCUT2D eigenvalue weighted by Crippen LogP contribution is -2.30. The Hall–Kier alpha value is -1.88. The Morgan fingerprint density at radius 3 is 2.90 bits per heavy atom. The smallest absolute Gasteiger partial charge is 0.231 e. The maximum absolute atomic E-state index is 12.0. The van der Waals surface area contributed by atoms with E-state index in [1.807, 2.05) is 26.0 Å². The van der Waals surface area contributed by atoms with Crippen molar-refractivity contribution in [3.05, 3.63) is 42.3 Å². The Bertz CT molecular complexity index is 582. The lowest BCUT2D eigenvalue weighted by molar-refractivity contribution is -0.115. The second-order valence-electron chi connectivity index (χ2n) is 4.16. The summed E-state index contributed by atoms with van der Waals surface area (Å²) in [5.74, 6) is -0.0670. The first-order valence-electron chi connectivity index (χ1n) is 6.47. The van der Waals surface area contributed by atoms with Crippen LogP contribution in [-0.4, -0.2) is 27.2 Å². The Labute approximate surface area is 123 Å². The van der Waals surface area contributed by atoms with Crippen molar-refractivity contribution in [3.8, 4) is 5.69 Å². The molecule has 0 saturated carbocycles. The fourth-order valence-corrected chi connectivity index (χ4v) is 2.11. The van der Waals surface area contributed by atoms with Crippen LogP contribution in [0.4, 0.5) is 5.69 Å². The summed E-state index contributed by atoms with van der Waals surface area (Å²) in [6.07, 6.45) is 7.42. The molecule has 0 aromatic carbocycles. The summed E-state index contributed by atoms with van der Waals surface area (Å²) in [5, 5.41) is 4.53. The van der Waals surface area contributed by atoms with Gasteiger partial charge in [-0.2, -0.15) is 5.10 Å². The summed E-state index contributed by atoms with van der Waals surface area (Å²) in [4.78, 5) is 17.7. The molecule has 0 aliphatic rings. The average molecular weight is 292 g/mol. The van der Waals surface area contributed by atoms with E-state index >= 15 is 0 Å². The van der Waals surface area contributed by atoms with Gasteiger partial charge in [0.25, 0.3) is 0 Å². The zero-order chi connectivity index (χ0) is 14.5. The van der Waals surface area contributed by atoms with Crippen molar-refractivity contribution in [1.29, 1.82) is 0 Å². The van der Waals surface area contributed by atoms with Crippen molar-refractivity contribution in [1.82, 2.24) is 14.8 Å². The first-order chi connectivity index (χ1) is 9.67. The molecule has 2 rings (SSSR count).